The van der Waals surface area contributed by atoms with E-state index in [1.54, 1.807) is 0 Å². The first kappa shape index (κ1) is 36.6. The zero-order chi connectivity index (χ0) is 20.0. The molecule has 0 rings (SSSR count). The zero-order valence-electron chi connectivity index (χ0n) is 18.3. The van der Waals surface area contributed by atoms with Crippen molar-refractivity contribution in [3.63, 3.8) is 0 Å². The van der Waals surface area contributed by atoms with Crippen molar-refractivity contribution in [3.8, 4) is 0 Å². The molecule has 0 aliphatic carbocycles. The van der Waals surface area contributed by atoms with Gasteiger partial charge >= 0.3 is 0 Å². The number of hydrogen-bond donors (Lipinski definition) is 4. The standard InChI is InChI=1S/4C5H12O.Zr/c4*1-3-5(2)4-6;/h4*5-6H,3-4H2,1-2H3;. The molecule has 4 unspecified atom stereocenters. The van der Waals surface area contributed by atoms with Gasteiger partial charge in [0, 0.05) is 52.6 Å². The quantitative estimate of drug-likeness (QED) is 0.455. The van der Waals surface area contributed by atoms with E-state index >= 15 is 0 Å². The van der Waals surface area contributed by atoms with Crippen molar-refractivity contribution in [2.75, 3.05) is 26.4 Å². The van der Waals surface area contributed by atoms with E-state index in [4.69, 9.17) is 20.4 Å². The first-order chi connectivity index (χ1) is 11.2. The van der Waals surface area contributed by atoms with Crippen LogP contribution >= 0.6 is 0 Å². The number of aliphatic hydroxyl groups is 4. The van der Waals surface area contributed by atoms with Crippen LogP contribution in [0.2, 0.25) is 0 Å². The van der Waals surface area contributed by atoms with Gasteiger partial charge < -0.3 is 20.4 Å². The van der Waals surface area contributed by atoms with E-state index in [2.05, 4.69) is 27.7 Å². The maximum Gasteiger partial charge on any atom is 0.0456 e. The predicted octanol–water partition coefficient (Wildman–Crippen LogP) is 4.10. The first-order valence-electron chi connectivity index (χ1n) is 9.67. The summed E-state index contributed by atoms with van der Waals surface area (Å²) < 4.78 is 0. The van der Waals surface area contributed by atoms with E-state index in [9.17, 15) is 0 Å². The Morgan fingerprint density at radius 1 is 0.440 bits per heavy atom. The van der Waals surface area contributed by atoms with Crippen LogP contribution in [0, 0.1) is 23.7 Å². The number of aliphatic hydroxyl groups excluding tert-OH is 4. The van der Waals surface area contributed by atoms with Crippen molar-refractivity contribution < 1.29 is 46.6 Å². The minimum Gasteiger partial charge on any atom is -0.396 e. The Morgan fingerprint density at radius 2 is 0.560 bits per heavy atom. The van der Waals surface area contributed by atoms with Crippen LogP contribution in [0.3, 0.4) is 0 Å². The molecule has 0 bridgehead atoms. The monoisotopic (exact) mass is 442 g/mol. The Morgan fingerprint density at radius 3 is 0.560 bits per heavy atom. The minimum absolute atomic E-state index is 0. The van der Waals surface area contributed by atoms with Crippen LogP contribution in [-0.4, -0.2) is 46.9 Å². The fourth-order valence-corrected chi connectivity index (χ4v) is 0.516. The maximum absolute atomic E-state index is 8.33. The smallest absolute Gasteiger partial charge is 0.0456 e. The average Bonchev–Trinajstić information content (AvgIpc) is 2.66. The van der Waals surface area contributed by atoms with E-state index in [1.165, 1.54) is 0 Å². The average molecular weight is 444 g/mol. The van der Waals surface area contributed by atoms with Gasteiger partial charge in [-0.15, -0.1) is 0 Å². The molecule has 25 heavy (non-hydrogen) atoms. The molecule has 4 nitrogen and oxygen atoms in total. The summed E-state index contributed by atoms with van der Waals surface area (Å²) in [6.07, 6.45) is 4.32. The summed E-state index contributed by atoms with van der Waals surface area (Å²) >= 11 is 0. The molecule has 0 aromatic rings. The van der Waals surface area contributed by atoms with Gasteiger partial charge in [-0.3, -0.25) is 0 Å². The van der Waals surface area contributed by atoms with Crippen LogP contribution in [0.4, 0.5) is 0 Å². The zero-order valence-corrected chi connectivity index (χ0v) is 20.7. The summed E-state index contributed by atoms with van der Waals surface area (Å²) in [5.41, 5.74) is 0. The van der Waals surface area contributed by atoms with E-state index in [0.717, 1.165) is 25.7 Å². The Kier molecular flexibility index (Phi) is 47.4. The van der Waals surface area contributed by atoms with Gasteiger partial charge in [-0.25, -0.2) is 0 Å². The van der Waals surface area contributed by atoms with Crippen LogP contribution in [0.25, 0.3) is 0 Å². The molecule has 0 saturated heterocycles. The number of hydrogen-bond acceptors (Lipinski definition) is 4. The van der Waals surface area contributed by atoms with Gasteiger partial charge in [-0.1, -0.05) is 81.1 Å². The molecule has 0 heterocycles. The molecule has 0 aromatic heterocycles. The molecule has 0 spiro atoms. The van der Waals surface area contributed by atoms with Gasteiger partial charge in [0.15, 0.2) is 0 Å². The third-order valence-electron chi connectivity index (χ3n) is 4.03. The topological polar surface area (TPSA) is 80.9 Å². The van der Waals surface area contributed by atoms with Gasteiger partial charge in [-0.2, -0.15) is 0 Å². The van der Waals surface area contributed by atoms with Crippen LogP contribution in [0.1, 0.15) is 81.1 Å². The van der Waals surface area contributed by atoms with Crippen molar-refractivity contribution in [1.29, 1.82) is 0 Å². The fraction of sp³-hybridized carbons (Fsp3) is 1.00. The molecule has 0 fully saturated rings. The summed E-state index contributed by atoms with van der Waals surface area (Å²) in [5, 5.41) is 33.3. The largest absolute Gasteiger partial charge is 0.396 e. The molecular formula is C20H48O4Zr. The van der Waals surface area contributed by atoms with E-state index in [0.29, 0.717) is 50.1 Å². The molecule has 0 aliphatic rings. The molecule has 156 valence electrons. The van der Waals surface area contributed by atoms with E-state index < -0.39 is 0 Å². The van der Waals surface area contributed by atoms with Gasteiger partial charge in [0.2, 0.25) is 0 Å². The van der Waals surface area contributed by atoms with E-state index in [1.807, 2.05) is 27.7 Å². The summed E-state index contributed by atoms with van der Waals surface area (Å²) in [5.74, 6) is 1.96. The predicted molar refractivity (Wildman–Crippen MR) is 106 cm³/mol. The van der Waals surface area contributed by atoms with Gasteiger partial charge in [0.05, 0.1) is 0 Å². The number of rotatable bonds is 8. The Bertz CT molecular complexity index is 139. The Balaban J connectivity index is -0.0000000702. The van der Waals surface area contributed by atoms with Gasteiger partial charge in [-0.05, 0) is 23.7 Å². The fourth-order valence-electron chi connectivity index (χ4n) is 0.516. The van der Waals surface area contributed by atoms with Crippen molar-refractivity contribution in [3.05, 3.63) is 0 Å². The van der Waals surface area contributed by atoms with Crippen molar-refractivity contribution in [2.24, 2.45) is 23.7 Å². The Hall–Kier alpha value is 0.723. The van der Waals surface area contributed by atoms with Crippen molar-refractivity contribution in [2.45, 2.75) is 81.1 Å². The SMILES string of the molecule is CCC(C)CO.CCC(C)CO.CCC(C)CO.CCC(C)CO.[Zr]. The summed E-state index contributed by atoms with van der Waals surface area (Å²) in [6, 6.07) is 0. The molecule has 4 N–H and O–H groups in total. The summed E-state index contributed by atoms with van der Waals surface area (Å²) in [7, 11) is 0. The molecular weight excluding hydrogens is 395 g/mol. The summed E-state index contributed by atoms with van der Waals surface area (Å²) in [6.45, 7) is 17.7. The van der Waals surface area contributed by atoms with Crippen LogP contribution in [-0.2, 0) is 26.2 Å². The minimum atomic E-state index is 0. The molecule has 0 aromatic carbocycles. The third-order valence-corrected chi connectivity index (χ3v) is 4.03. The van der Waals surface area contributed by atoms with Crippen LogP contribution in [0.15, 0.2) is 0 Å². The third kappa shape index (κ3) is 45.6. The molecule has 0 saturated carbocycles. The normalized spacial score (nSPS) is 13.9. The van der Waals surface area contributed by atoms with Gasteiger partial charge in [0.1, 0.15) is 0 Å². The molecule has 0 aliphatic heterocycles. The van der Waals surface area contributed by atoms with Crippen LogP contribution < -0.4 is 0 Å². The van der Waals surface area contributed by atoms with Gasteiger partial charge in [0.25, 0.3) is 0 Å². The second-order valence-electron chi connectivity index (χ2n) is 6.78. The van der Waals surface area contributed by atoms with Crippen LogP contribution in [0.5, 0.6) is 0 Å². The molecule has 0 amide bonds. The Labute approximate surface area is 177 Å². The molecule has 4 atom stereocenters. The maximum atomic E-state index is 8.33. The van der Waals surface area contributed by atoms with E-state index in [-0.39, 0.29) is 26.2 Å². The molecule has 5 heteroatoms. The second kappa shape index (κ2) is 32.4. The second-order valence-corrected chi connectivity index (χ2v) is 6.78. The first-order valence-corrected chi connectivity index (χ1v) is 9.67. The molecule has 0 radical (unpaired) electrons. The van der Waals surface area contributed by atoms with Crippen molar-refractivity contribution >= 4 is 0 Å². The van der Waals surface area contributed by atoms with Crippen molar-refractivity contribution in [1.82, 2.24) is 0 Å². The summed E-state index contributed by atoms with van der Waals surface area (Å²) in [4.78, 5) is 0.